The Bertz CT molecular complexity index is 610. The van der Waals surface area contributed by atoms with Crippen LogP contribution in [-0.4, -0.2) is 27.2 Å². The molecule has 1 aliphatic rings. The summed E-state index contributed by atoms with van der Waals surface area (Å²) in [5, 5.41) is 0. The number of hydrogen-bond donors (Lipinski definition) is 0. The molecule has 33 heavy (non-hydrogen) atoms. The van der Waals surface area contributed by atoms with E-state index in [9.17, 15) is 39.2 Å². The molecule has 0 aromatic heterocycles. The standard InChI is InChI=1S/C10H15.C6F5.C3H9P.CO.BF4.Rh/c1-6-7(2)9(4)10(5)8(6)3;7-2-1-3(8)5(10)6(11)4(2)9;1-4(2)3;1-2;2-1(3,4)5;/h1-5H3;;1-3H3;;;/q;-1;;;-1;+3. The summed E-state index contributed by atoms with van der Waals surface area (Å²) in [7, 11) is -5.62. The summed E-state index contributed by atoms with van der Waals surface area (Å²) < 4.78 is 106. The molecule has 1 aromatic carbocycles. The summed E-state index contributed by atoms with van der Waals surface area (Å²) in [6, 6.07) is 1.02. The zero-order valence-corrected chi connectivity index (χ0v) is 21.7. The van der Waals surface area contributed by atoms with Crippen molar-refractivity contribution in [2.75, 3.05) is 20.0 Å². The minimum Gasteiger partial charge on any atom is 3.00 e. The molecular weight excluding hydrogens is 572 g/mol. The van der Waals surface area contributed by atoms with Crippen LogP contribution in [0, 0.1) is 71.4 Å². The largest absolute Gasteiger partial charge is 3.00 e. The maximum atomic E-state index is 12.0. The van der Waals surface area contributed by atoms with Crippen molar-refractivity contribution in [3.05, 3.63) is 71.4 Å². The first-order valence-electron chi connectivity index (χ1n) is 8.61. The van der Waals surface area contributed by atoms with Gasteiger partial charge in [-0.15, -0.1) is 14.0 Å². The molecule has 0 bridgehead atoms. The average Bonchev–Trinajstić information content (AvgIpc) is 2.83. The Morgan fingerprint density at radius 3 is 0.909 bits per heavy atom. The van der Waals surface area contributed by atoms with E-state index in [0.717, 1.165) is 6.07 Å². The van der Waals surface area contributed by atoms with Gasteiger partial charge in [0.15, 0.2) is 0 Å². The van der Waals surface area contributed by atoms with E-state index in [4.69, 9.17) is 4.65 Å². The van der Waals surface area contributed by atoms with Crippen molar-refractivity contribution < 1.29 is 63.3 Å². The SMILES string of the molecule is CP(C)C.C[C]1[C](C)[C](C)[C](C)[C]1C.F[B-](F)(F)F.Fc1[c-]c(F)c(F)c(F)c1F.[C-]#[O+].[Rh+3]. The van der Waals surface area contributed by atoms with Crippen molar-refractivity contribution >= 4 is 15.2 Å². The molecule has 0 amide bonds. The van der Waals surface area contributed by atoms with E-state index < -0.39 is 36.3 Å². The summed E-state index contributed by atoms with van der Waals surface area (Å²) in [6.07, 6.45) is 0. The Kier molecular flexibility index (Phi) is 22.5. The fourth-order valence-corrected chi connectivity index (χ4v) is 1.90. The van der Waals surface area contributed by atoms with Crippen LogP contribution in [0.1, 0.15) is 34.6 Å². The molecule has 1 fully saturated rings. The van der Waals surface area contributed by atoms with E-state index >= 15 is 0 Å². The van der Waals surface area contributed by atoms with Crippen molar-refractivity contribution in [1.29, 1.82) is 0 Å². The second-order valence-electron chi connectivity index (χ2n) is 6.66. The van der Waals surface area contributed by atoms with E-state index in [-0.39, 0.29) is 19.5 Å². The minimum absolute atomic E-state index is 0. The molecule has 0 unspecified atom stereocenters. The topological polar surface area (TPSA) is 19.9 Å². The summed E-state index contributed by atoms with van der Waals surface area (Å²) in [6.45, 7) is 22.2. The van der Waals surface area contributed by atoms with Crippen LogP contribution in [0.15, 0.2) is 0 Å². The van der Waals surface area contributed by atoms with Gasteiger partial charge < -0.3 is 17.3 Å². The predicted octanol–water partition coefficient (Wildman–Crippen LogP) is 7.77. The Balaban J connectivity index is -0.000000176. The molecule has 0 spiro atoms. The summed E-state index contributed by atoms with van der Waals surface area (Å²) >= 11 is 0. The van der Waals surface area contributed by atoms with Gasteiger partial charge in [-0.25, -0.2) is 13.2 Å². The Morgan fingerprint density at radius 1 is 0.606 bits per heavy atom. The second kappa shape index (κ2) is 18.7. The van der Waals surface area contributed by atoms with E-state index in [1.54, 1.807) is 0 Å². The number of rotatable bonds is 0. The van der Waals surface area contributed by atoms with Crippen molar-refractivity contribution in [2.45, 2.75) is 34.6 Å². The molecule has 0 atom stereocenters. The van der Waals surface area contributed by atoms with Crippen molar-refractivity contribution in [2.24, 2.45) is 0 Å². The summed E-state index contributed by atoms with van der Waals surface area (Å²) in [5.74, 6) is -2.71. The Morgan fingerprint density at radius 2 is 0.758 bits per heavy atom. The first kappa shape index (κ1) is 39.7. The van der Waals surface area contributed by atoms with Gasteiger partial charge in [0.25, 0.3) is 0 Å². The zero-order chi connectivity index (χ0) is 26.6. The van der Waals surface area contributed by atoms with Crippen molar-refractivity contribution in [3.8, 4) is 0 Å². The van der Waals surface area contributed by atoms with Crippen LogP contribution in [0.2, 0.25) is 0 Å². The van der Waals surface area contributed by atoms with Gasteiger partial charge in [0.05, 0.1) is 29.1 Å². The molecule has 0 heterocycles. The molecule has 1 aromatic rings. The summed E-state index contributed by atoms with van der Waals surface area (Å²) in [5.41, 5.74) is 0. The van der Waals surface area contributed by atoms with E-state index in [2.05, 4.69) is 61.3 Å². The van der Waals surface area contributed by atoms with Crippen LogP contribution in [-0.2, 0) is 24.1 Å². The molecule has 13 heteroatoms. The van der Waals surface area contributed by atoms with Crippen LogP contribution in [0.3, 0.4) is 0 Å². The zero-order valence-electron chi connectivity index (χ0n) is 19.2. The average molecular weight is 596 g/mol. The van der Waals surface area contributed by atoms with Crippen molar-refractivity contribution in [3.63, 3.8) is 0 Å². The quantitative estimate of drug-likeness (QED) is 0.0555. The van der Waals surface area contributed by atoms with Crippen LogP contribution in [0.25, 0.3) is 0 Å². The second-order valence-corrected chi connectivity index (χ2v) is 9.34. The van der Waals surface area contributed by atoms with Gasteiger partial charge in [0.2, 0.25) is 0 Å². The van der Waals surface area contributed by atoms with E-state index in [0.29, 0.717) is 7.92 Å². The molecule has 1 aliphatic carbocycles. The third kappa shape index (κ3) is 17.5. The molecule has 1 nitrogen and oxygen atoms in total. The van der Waals surface area contributed by atoms with Gasteiger partial charge >= 0.3 is 38.0 Å². The molecule has 189 valence electrons. The molecule has 0 saturated heterocycles. The molecule has 5 radical (unpaired) electrons. The molecule has 0 N–H and O–H groups in total. The van der Waals surface area contributed by atoms with Crippen LogP contribution < -0.4 is 0 Å². The normalized spacial score (nSPS) is 15.0. The van der Waals surface area contributed by atoms with Gasteiger partial charge in [-0.3, -0.25) is 8.78 Å². The predicted molar refractivity (Wildman–Crippen MR) is 108 cm³/mol. The van der Waals surface area contributed by atoms with Gasteiger partial charge in [0, 0.05) is 0 Å². The Labute approximate surface area is 204 Å². The van der Waals surface area contributed by atoms with Gasteiger partial charge in [0.1, 0.15) is 0 Å². The monoisotopic (exact) mass is 596 g/mol. The summed E-state index contributed by atoms with van der Waals surface area (Å²) in [4.78, 5) is 0. The maximum absolute atomic E-state index is 12.0. The van der Waals surface area contributed by atoms with Gasteiger partial charge in [-0.05, 0) is 49.6 Å². The molecule has 0 aliphatic heterocycles. The number of halogens is 9. The Hall–Kier alpha value is -0.552. The number of hydrogen-bond acceptors (Lipinski definition) is 0. The van der Waals surface area contributed by atoms with Crippen LogP contribution >= 0.6 is 7.92 Å². The first-order chi connectivity index (χ1) is 14.3. The molecule has 2 rings (SSSR count). The third-order valence-electron chi connectivity index (χ3n) is 3.80. The molecule has 1 saturated carbocycles. The first-order valence-corrected chi connectivity index (χ1v) is 11.3. The van der Waals surface area contributed by atoms with Crippen LogP contribution in [0.5, 0.6) is 0 Å². The minimum atomic E-state index is -6.00. The fourth-order valence-electron chi connectivity index (χ4n) is 1.90. The van der Waals surface area contributed by atoms with Gasteiger partial charge in [-0.2, -0.15) is 0 Å². The smallest absolute Gasteiger partial charge is 3.00 e. The van der Waals surface area contributed by atoms with Gasteiger partial charge in [-0.1, -0.05) is 34.6 Å². The van der Waals surface area contributed by atoms with Crippen LogP contribution in [0.4, 0.5) is 39.2 Å². The maximum Gasteiger partial charge on any atom is 3.00 e. The fraction of sp³-hybridized carbons (Fsp3) is 0.400. The van der Waals surface area contributed by atoms with E-state index in [1.807, 2.05) is 0 Å². The molecular formula is C20H24BF9OPRh+. The van der Waals surface area contributed by atoms with E-state index in [1.165, 1.54) is 29.6 Å². The number of benzene rings is 1. The van der Waals surface area contributed by atoms with Crippen molar-refractivity contribution in [1.82, 2.24) is 0 Å². The third-order valence-corrected chi connectivity index (χ3v) is 3.80.